The molecule has 0 heterocycles. The lowest BCUT2D eigenvalue weighted by Crippen LogP contribution is -2.36. The van der Waals surface area contributed by atoms with Crippen molar-refractivity contribution in [3.05, 3.63) is 0 Å². The Morgan fingerprint density at radius 1 is 1.00 bits per heavy atom. The quantitative estimate of drug-likeness (QED) is 0.389. The summed E-state index contributed by atoms with van der Waals surface area (Å²) in [6, 6.07) is -0.175. The molecule has 116 valence electrons. The van der Waals surface area contributed by atoms with Gasteiger partial charge < -0.3 is 25.4 Å². The molecule has 0 rings (SSSR count). The van der Waals surface area contributed by atoms with Crippen LogP contribution in [0.3, 0.4) is 0 Å². The van der Waals surface area contributed by atoms with Gasteiger partial charge in [0.05, 0.1) is 26.4 Å². The summed E-state index contributed by atoms with van der Waals surface area (Å²) in [6.45, 7) is 10.7. The van der Waals surface area contributed by atoms with Gasteiger partial charge in [0.15, 0.2) is 0 Å². The number of rotatable bonds is 11. The number of hydrogen-bond acceptors (Lipinski definition) is 4. The molecule has 1 unspecified atom stereocenters. The molecule has 0 spiro atoms. The van der Waals surface area contributed by atoms with Crippen molar-refractivity contribution in [2.24, 2.45) is 0 Å². The minimum absolute atomic E-state index is 0.175. The van der Waals surface area contributed by atoms with Crippen molar-refractivity contribution in [3.8, 4) is 0 Å². The third-order valence-corrected chi connectivity index (χ3v) is 2.04. The monoisotopic (exact) mass is 295 g/mol. The average Bonchev–Trinajstić information content (AvgIpc) is 2.43. The molecular weight excluding hydrogens is 265 g/mol. The van der Waals surface area contributed by atoms with Crippen LogP contribution >= 0.6 is 9.24 Å². The second kappa shape index (κ2) is 19.9. The topological polar surface area (TPSA) is 71.6 Å². The Labute approximate surface area is 119 Å². The molecule has 7 heteroatoms. The number of amides is 2. The van der Waals surface area contributed by atoms with E-state index >= 15 is 0 Å². The van der Waals surface area contributed by atoms with Crippen molar-refractivity contribution in [3.63, 3.8) is 0 Å². The van der Waals surface area contributed by atoms with E-state index in [-0.39, 0.29) is 6.03 Å². The summed E-state index contributed by atoms with van der Waals surface area (Å²) in [5.74, 6) is 0. The molecule has 0 aromatic rings. The van der Waals surface area contributed by atoms with Crippen LogP contribution in [-0.4, -0.2) is 58.4 Å². The number of carbonyl (C=O) groups excluding carboxylic acids is 1. The van der Waals surface area contributed by atoms with E-state index < -0.39 is 0 Å². The van der Waals surface area contributed by atoms with Crippen LogP contribution in [0.25, 0.3) is 0 Å². The predicted octanol–water partition coefficient (Wildman–Crippen LogP) is 0.787. The third kappa shape index (κ3) is 20.1. The van der Waals surface area contributed by atoms with Gasteiger partial charge in [0.2, 0.25) is 0 Å². The van der Waals surface area contributed by atoms with Crippen molar-refractivity contribution in [1.82, 2.24) is 16.0 Å². The molecule has 0 aliphatic carbocycles. The lowest BCUT2D eigenvalue weighted by Gasteiger charge is -2.07. The van der Waals surface area contributed by atoms with Gasteiger partial charge in [0.25, 0.3) is 0 Å². The van der Waals surface area contributed by atoms with Crippen LogP contribution in [0.15, 0.2) is 0 Å². The standard InChI is InChI=1S/C10H24N3O3P.C2H6/c1-2-11-3-5-15-7-8-16-6-4-12-10(14)13-9-17;1-2/h11H,2-9,17H2,1H3,(H2,12,13,14);1-2H3. The molecule has 0 fully saturated rings. The first-order chi connectivity index (χ1) is 9.31. The second-order valence-electron chi connectivity index (χ2n) is 3.22. The highest BCUT2D eigenvalue weighted by Crippen LogP contribution is 1.78. The van der Waals surface area contributed by atoms with Crippen LogP contribution in [0.4, 0.5) is 4.79 Å². The van der Waals surface area contributed by atoms with E-state index in [1.54, 1.807) is 0 Å². The van der Waals surface area contributed by atoms with E-state index in [0.29, 0.717) is 39.3 Å². The van der Waals surface area contributed by atoms with Crippen LogP contribution in [0.2, 0.25) is 0 Å². The van der Waals surface area contributed by atoms with Crippen molar-refractivity contribution < 1.29 is 14.3 Å². The van der Waals surface area contributed by atoms with E-state index in [0.717, 1.165) is 13.1 Å². The summed E-state index contributed by atoms with van der Waals surface area (Å²) in [5.41, 5.74) is 0. The Morgan fingerprint density at radius 2 is 1.58 bits per heavy atom. The van der Waals surface area contributed by atoms with E-state index in [1.165, 1.54) is 0 Å². The summed E-state index contributed by atoms with van der Waals surface area (Å²) in [4.78, 5) is 11.0. The smallest absolute Gasteiger partial charge is 0.315 e. The van der Waals surface area contributed by atoms with Gasteiger partial charge >= 0.3 is 6.03 Å². The van der Waals surface area contributed by atoms with E-state index in [4.69, 9.17) is 9.47 Å². The fourth-order valence-corrected chi connectivity index (χ4v) is 1.22. The number of ether oxygens (including phenoxy) is 2. The first kappa shape index (κ1) is 20.9. The summed E-state index contributed by atoms with van der Waals surface area (Å²) >= 11 is 0. The molecule has 2 amide bonds. The van der Waals surface area contributed by atoms with Gasteiger partial charge in [0, 0.05) is 19.4 Å². The zero-order valence-corrected chi connectivity index (χ0v) is 13.6. The molecule has 1 atom stereocenters. The van der Waals surface area contributed by atoms with Gasteiger partial charge in [-0.2, -0.15) is 0 Å². The van der Waals surface area contributed by atoms with Gasteiger partial charge in [-0.1, -0.05) is 20.8 Å². The van der Waals surface area contributed by atoms with Crippen LogP contribution < -0.4 is 16.0 Å². The first-order valence-corrected chi connectivity index (χ1v) is 7.70. The molecule has 0 saturated carbocycles. The van der Waals surface area contributed by atoms with E-state index in [1.807, 2.05) is 13.8 Å². The lowest BCUT2D eigenvalue weighted by molar-refractivity contribution is 0.0506. The van der Waals surface area contributed by atoms with Crippen LogP contribution in [-0.2, 0) is 9.47 Å². The van der Waals surface area contributed by atoms with Crippen molar-refractivity contribution in [1.29, 1.82) is 0 Å². The summed E-state index contributed by atoms with van der Waals surface area (Å²) in [5, 5.41) is 8.43. The highest BCUT2D eigenvalue weighted by atomic mass is 31.0. The van der Waals surface area contributed by atoms with E-state index in [2.05, 4.69) is 32.1 Å². The zero-order chi connectivity index (χ0) is 14.8. The molecule has 6 nitrogen and oxygen atoms in total. The van der Waals surface area contributed by atoms with Gasteiger partial charge in [-0.25, -0.2) is 4.79 Å². The van der Waals surface area contributed by atoms with Crippen molar-refractivity contribution in [2.45, 2.75) is 20.8 Å². The summed E-state index contributed by atoms with van der Waals surface area (Å²) < 4.78 is 10.6. The van der Waals surface area contributed by atoms with E-state index in [9.17, 15) is 4.79 Å². The SMILES string of the molecule is CC.CCNCCOCCOCCNC(=O)NCP. The highest BCUT2D eigenvalue weighted by molar-refractivity contribution is 7.16. The summed E-state index contributed by atoms with van der Waals surface area (Å²) in [6.07, 6.45) is 0.548. The van der Waals surface area contributed by atoms with Gasteiger partial charge in [0.1, 0.15) is 0 Å². The van der Waals surface area contributed by atoms with Crippen molar-refractivity contribution in [2.75, 3.05) is 52.3 Å². The van der Waals surface area contributed by atoms with Gasteiger partial charge in [-0.3, -0.25) is 0 Å². The molecule has 0 aliphatic heterocycles. The normalized spacial score (nSPS) is 9.47. The average molecular weight is 295 g/mol. The lowest BCUT2D eigenvalue weighted by atomic mass is 10.6. The molecule has 0 aliphatic rings. The largest absolute Gasteiger partial charge is 0.378 e. The maximum absolute atomic E-state index is 11.0. The maximum Gasteiger partial charge on any atom is 0.315 e. The highest BCUT2D eigenvalue weighted by Gasteiger charge is 1.95. The fraction of sp³-hybridized carbons (Fsp3) is 0.917. The number of carbonyl (C=O) groups is 1. The minimum atomic E-state index is -0.175. The number of likely N-dealkylation sites (N-methyl/N-ethyl adjacent to an activating group) is 1. The molecule has 3 N–H and O–H groups in total. The summed E-state index contributed by atoms with van der Waals surface area (Å²) in [7, 11) is 2.42. The minimum Gasteiger partial charge on any atom is -0.378 e. The fourth-order valence-electron chi connectivity index (χ4n) is 1.04. The number of hydrogen-bond donors (Lipinski definition) is 3. The number of urea groups is 1. The Balaban J connectivity index is 0. The molecule has 0 radical (unpaired) electrons. The van der Waals surface area contributed by atoms with Crippen LogP contribution in [0.5, 0.6) is 0 Å². The Hall–Kier alpha value is -0.420. The number of nitrogens with one attached hydrogen (secondary N) is 3. The molecule has 0 aromatic carbocycles. The first-order valence-electron chi connectivity index (χ1n) is 6.89. The third-order valence-electron chi connectivity index (χ3n) is 1.84. The second-order valence-corrected chi connectivity index (χ2v) is 3.62. The van der Waals surface area contributed by atoms with Crippen molar-refractivity contribution >= 4 is 15.3 Å². The van der Waals surface area contributed by atoms with Gasteiger partial charge in [-0.15, -0.1) is 9.24 Å². The Kier molecular flexibility index (Phi) is 21.9. The Bertz CT molecular complexity index is 186. The molecule has 0 saturated heterocycles. The van der Waals surface area contributed by atoms with Gasteiger partial charge in [-0.05, 0) is 6.54 Å². The zero-order valence-electron chi connectivity index (χ0n) is 12.5. The van der Waals surface area contributed by atoms with Crippen LogP contribution in [0.1, 0.15) is 20.8 Å². The molecule has 19 heavy (non-hydrogen) atoms. The van der Waals surface area contributed by atoms with Crippen LogP contribution in [0, 0.1) is 0 Å². The molecule has 0 aromatic heterocycles. The predicted molar refractivity (Wildman–Crippen MR) is 82.6 cm³/mol. The Morgan fingerprint density at radius 3 is 2.11 bits per heavy atom. The maximum atomic E-state index is 11.0. The molecule has 0 bridgehead atoms. The molecular formula is C12H30N3O3P.